The van der Waals surface area contributed by atoms with Crippen LogP contribution in [0.15, 0.2) is 4.63 Å². The standard InChI is InChI=1S/C6H8ClN3O2/c7-5-6(9-12-8-5)10-1-3-11-4-2-10/h1-4H2. The van der Waals surface area contributed by atoms with Crippen molar-refractivity contribution in [2.24, 2.45) is 0 Å². The Hall–Kier alpha value is -0.810. The highest BCUT2D eigenvalue weighted by Gasteiger charge is 2.18. The monoisotopic (exact) mass is 189 g/mol. The fraction of sp³-hybridized carbons (Fsp3) is 0.667. The summed E-state index contributed by atoms with van der Waals surface area (Å²) >= 11 is 5.72. The fourth-order valence-electron chi connectivity index (χ4n) is 1.14. The smallest absolute Gasteiger partial charge is 0.217 e. The number of halogens is 1. The van der Waals surface area contributed by atoms with E-state index in [-0.39, 0.29) is 0 Å². The van der Waals surface area contributed by atoms with Gasteiger partial charge in [-0.1, -0.05) is 11.6 Å². The van der Waals surface area contributed by atoms with E-state index >= 15 is 0 Å². The van der Waals surface area contributed by atoms with Crippen LogP contribution in [0.2, 0.25) is 5.15 Å². The van der Waals surface area contributed by atoms with E-state index in [1.807, 2.05) is 4.90 Å². The van der Waals surface area contributed by atoms with Crippen LogP contribution < -0.4 is 4.90 Å². The van der Waals surface area contributed by atoms with E-state index in [1.54, 1.807) is 0 Å². The average molecular weight is 190 g/mol. The Labute approximate surface area is 74.2 Å². The van der Waals surface area contributed by atoms with Gasteiger partial charge in [-0.3, -0.25) is 0 Å². The highest BCUT2D eigenvalue weighted by atomic mass is 35.5. The van der Waals surface area contributed by atoms with Gasteiger partial charge in [-0.15, -0.1) is 0 Å². The molecule has 0 atom stereocenters. The number of anilines is 1. The molecule has 1 fully saturated rings. The minimum atomic E-state index is 0.317. The van der Waals surface area contributed by atoms with Crippen LogP contribution in [0, 0.1) is 0 Å². The molecular formula is C6H8ClN3O2. The van der Waals surface area contributed by atoms with Gasteiger partial charge in [0.1, 0.15) is 0 Å². The van der Waals surface area contributed by atoms with E-state index in [4.69, 9.17) is 16.3 Å². The summed E-state index contributed by atoms with van der Waals surface area (Å²) in [5.41, 5.74) is 0. The average Bonchev–Trinajstić information content (AvgIpc) is 2.53. The molecule has 0 unspecified atom stereocenters. The van der Waals surface area contributed by atoms with Crippen molar-refractivity contribution in [1.82, 2.24) is 10.3 Å². The van der Waals surface area contributed by atoms with Crippen molar-refractivity contribution < 1.29 is 9.37 Å². The fourth-order valence-corrected chi connectivity index (χ4v) is 1.32. The molecule has 0 spiro atoms. The third kappa shape index (κ3) is 1.37. The zero-order valence-electron chi connectivity index (χ0n) is 6.36. The first-order valence-electron chi connectivity index (χ1n) is 3.68. The van der Waals surface area contributed by atoms with E-state index in [0.717, 1.165) is 13.1 Å². The first-order valence-corrected chi connectivity index (χ1v) is 4.06. The Bertz CT molecular complexity index is 259. The second kappa shape index (κ2) is 3.28. The molecule has 1 aliphatic rings. The van der Waals surface area contributed by atoms with Crippen LogP contribution in [0.25, 0.3) is 0 Å². The quantitative estimate of drug-likeness (QED) is 0.646. The molecule has 6 heteroatoms. The van der Waals surface area contributed by atoms with Gasteiger partial charge in [0.15, 0.2) is 0 Å². The van der Waals surface area contributed by atoms with Crippen LogP contribution in [-0.2, 0) is 4.74 Å². The molecule has 0 aliphatic carbocycles. The number of morpholine rings is 1. The minimum Gasteiger partial charge on any atom is -0.378 e. The molecule has 1 aliphatic heterocycles. The van der Waals surface area contributed by atoms with Gasteiger partial charge in [0.2, 0.25) is 11.0 Å². The van der Waals surface area contributed by atoms with Crippen LogP contribution in [0.1, 0.15) is 0 Å². The molecule has 0 bridgehead atoms. The van der Waals surface area contributed by atoms with Crippen molar-refractivity contribution in [3.63, 3.8) is 0 Å². The number of ether oxygens (including phenoxy) is 1. The van der Waals surface area contributed by atoms with Gasteiger partial charge >= 0.3 is 0 Å². The summed E-state index contributed by atoms with van der Waals surface area (Å²) in [5.74, 6) is 0.611. The Kier molecular flexibility index (Phi) is 2.14. The summed E-state index contributed by atoms with van der Waals surface area (Å²) in [6.45, 7) is 2.97. The first-order chi connectivity index (χ1) is 5.88. The SMILES string of the molecule is Clc1nonc1N1CCOCC1. The summed E-state index contributed by atoms with van der Waals surface area (Å²) in [5, 5.41) is 7.50. The molecule has 0 N–H and O–H groups in total. The Morgan fingerprint density at radius 1 is 1.25 bits per heavy atom. The lowest BCUT2D eigenvalue weighted by atomic mass is 10.4. The van der Waals surface area contributed by atoms with Crippen molar-refractivity contribution >= 4 is 17.4 Å². The van der Waals surface area contributed by atoms with E-state index in [2.05, 4.69) is 14.9 Å². The van der Waals surface area contributed by atoms with E-state index in [1.165, 1.54) is 0 Å². The second-order valence-electron chi connectivity index (χ2n) is 2.48. The van der Waals surface area contributed by atoms with Crippen LogP contribution in [-0.4, -0.2) is 36.6 Å². The summed E-state index contributed by atoms with van der Waals surface area (Å²) in [6.07, 6.45) is 0. The van der Waals surface area contributed by atoms with Crippen LogP contribution >= 0.6 is 11.6 Å². The third-order valence-corrected chi connectivity index (χ3v) is 1.98. The van der Waals surface area contributed by atoms with Gasteiger partial charge in [0.05, 0.1) is 13.2 Å². The highest BCUT2D eigenvalue weighted by Crippen LogP contribution is 2.21. The van der Waals surface area contributed by atoms with Gasteiger partial charge in [-0.2, -0.15) is 0 Å². The Balaban J connectivity index is 2.13. The van der Waals surface area contributed by atoms with Gasteiger partial charge < -0.3 is 9.64 Å². The van der Waals surface area contributed by atoms with Crippen molar-refractivity contribution in [1.29, 1.82) is 0 Å². The summed E-state index contributed by atoms with van der Waals surface area (Å²) in [4.78, 5) is 1.99. The van der Waals surface area contributed by atoms with Crippen LogP contribution in [0.4, 0.5) is 5.82 Å². The maximum Gasteiger partial charge on any atom is 0.217 e. The third-order valence-electron chi connectivity index (χ3n) is 1.74. The maximum atomic E-state index is 5.72. The molecule has 5 nitrogen and oxygen atoms in total. The predicted molar refractivity (Wildman–Crippen MR) is 42.3 cm³/mol. The maximum absolute atomic E-state index is 5.72. The van der Waals surface area contributed by atoms with Gasteiger partial charge in [-0.05, 0) is 10.3 Å². The lowest BCUT2D eigenvalue weighted by molar-refractivity contribution is 0.122. The number of nitrogens with zero attached hydrogens (tertiary/aromatic N) is 3. The minimum absolute atomic E-state index is 0.317. The molecule has 2 rings (SSSR count). The molecular weight excluding hydrogens is 182 g/mol. The topological polar surface area (TPSA) is 51.4 Å². The number of hydrogen-bond acceptors (Lipinski definition) is 5. The molecule has 0 radical (unpaired) electrons. The number of hydrogen-bond donors (Lipinski definition) is 0. The lowest BCUT2D eigenvalue weighted by Gasteiger charge is -2.25. The highest BCUT2D eigenvalue weighted by molar-refractivity contribution is 6.31. The Morgan fingerprint density at radius 3 is 2.58 bits per heavy atom. The van der Waals surface area contributed by atoms with Crippen LogP contribution in [0.3, 0.4) is 0 Å². The molecule has 1 saturated heterocycles. The van der Waals surface area contributed by atoms with Crippen molar-refractivity contribution in [2.45, 2.75) is 0 Å². The molecule has 0 amide bonds. The molecule has 66 valence electrons. The normalized spacial score (nSPS) is 18.2. The predicted octanol–water partition coefficient (Wildman–Crippen LogP) is 0.560. The zero-order chi connectivity index (χ0) is 8.39. The molecule has 0 aromatic carbocycles. The van der Waals surface area contributed by atoms with Crippen LogP contribution in [0.5, 0.6) is 0 Å². The summed E-state index contributed by atoms with van der Waals surface area (Å²) in [6, 6.07) is 0. The van der Waals surface area contributed by atoms with E-state index in [0.29, 0.717) is 24.2 Å². The van der Waals surface area contributed by atoms with Crippen molar-refractivity contribution in [3.05, 3.63) is 5.15 Å². The van der Waals surface area contributed by atoms with Crippen molar-refractivity contribution in [2.75, 3.05) is 31.2 Å². The molecule has 0 saturated carbocycles. The summed E-state index contributed by atoms with van der Waals surface area (Å²) in [7, 11) is 0. The van der Waals surface area contributed by atoms with E-state index < -0.39 is 0 Å². The summed E-state index contributed by atoms with van der Waals surface area (Å²) < 4.78 is 9.66. The number of aromatic nitrogens is 2. The first kappa shape index (κ1) is 7.82. The lowest BCUT2D eigenvalue weighted by Crippen LogP contribution is -2.36. The molecule has 12 heavy (non-hydrogen) atoms. The van der Waals surface area contributed by atoms with Gasteiger partial charge in [0.25, 0.3) is 0 Å². The van der Waals surface area contributed by atoms with Crippen molar-refractivity contribution in [3.8, 4) is 0 Å². The van der Waals surface area contributed by atoms with Gasteiger partial charge in [0, 0.05) is 13.1 Å². The molecule has 1 aromatic heterocycles. The second-order valence-corrected chi connectivity index (χ2v) is 2.84. The molecule has 1 aromatic rings. The van der Waals surface area contributed by atoms with E-state index in [9.17, 15) is 0 Å². The number of rotatable bonds is 1. The Morgan fingerprint density at radius 2 is 2.00 bits per heavy atom. The molecule has 2 heterocycles. The zero-order valence-corrected chi connectivity index (χ0v) is 7.12. The largest absolute Gasteiger partial charge is 0.378 e. The van der Waals surface area contributed by atoms with Gasteiger partial charge in [-0.25, -0.2) is 4.63 Å².